The fourth-order valence-corrected chi connectivity index (χ4v) is 8.46. The van der Waals surface area contributed by atoms with Gasteiger partial charge in [-0.2, -0.15) is 8.78 Å². The lowest BCUT2D eigenvalue weighted by Gasteiger charge is -2.37. The van der Waals surface area contributed by atoms with Crippen molar-refractivity contribution in [2.75, 3.05) is 19.8 Å². The lowest BCUT2D eigenvalue weighted by molar-refractivity contribution is 0.0387. The van der Waals surface area contributed by atoms with Crippen molar-refractivity contribution in [3.63, 3.8) is 0 Å². The molecule has 0 fully saturated rings. The van der Waals surface area contributed by atoms with E-state index in [4.69, 9.17) is 23.9 Å². The first-order valence-electron chi connectivity index (χ1n) is 12.6. The van der Waals surface area contributed by atoms with Gasteiger partial charge in [0.05, 0.1) is 24.5 Å². The van der Waals surface area contributed by atoms with E-state index in [1.807, 2.05) is 6.92 Å². The van der Waals surface area contributed by atoms with E-state index in [2.05, 4.69) is 49.8 Å². The summed E-state index contributed by atoms with van der Waals surface area (Å²) in [7, 11) is -6.94. The molecule has 2 rings (SSSR count). The number of hydrogen-bond donors (Lipinski definition) is 1. The van der Waals surface area contributed by atoms with Gasteiger partial charge in [-0.3, -0.25) is 9.36 Å². The van der Waals surface area contributed by atoms with Crippen molar-refractivity contribution in [1.82, 2.24) is 0 Å². The van der Waals surface area contributed by atoms with Gasteiger partial charge < -0.3 is 23.9 Å². The zero-order chi connectivity index (χ0) is 29.1. The number of rotatable bonds is 14. The lowest BCUT2D eigenvalue weighted by atomic mass is 10.1. The number of carbonyl (C=O) groups is 1. The average Bonchev–Trinajstić information content (AvgIpc) is 3.14. The highest BCUT2D eigenvalue weighted by molar-refractivity contribution is 9.10. The highest BCUT2D eigenvalue weighted by Gasteiger charge is 2.57. The van der Waals surface area contributed by atoms with Gasteiger partial charge in [0.15, 0.2) is 8.32 Å². The van der Waals surface area contributed by atoms with E-state index < -0.39 is 32.4 Å². The second kappa shape index (κ2) is 12.7. The predicted octanol–water partition coefficient (Wildman–Crippen LogP) is 8.65. The Bertz CT molecular complexity index is 1180. The number of ether oxygens (including phenoxy) is 1. The van der Waals surface area contributed by atoms with E-state index in [0.717, 1.165) is 6.42 Å². The standard InChI is InChI=1S/C25H39BrF2NO6PSSi/c1-9-12-17(15-34-38(7,8)24(4,5)6)35-19-14-16(23(29)30)13-18-20(26)22(37-21(18)19)25(27,28)36(31,32-10-2)33-11-3/h13-14,17H,9-12,15H2,1-8H3,(H2,29,30). The second-order valence-corrected chi connectivity index (χ2v) is 19.1. The fraction of sp³-hybridized carbons (Fsp3) is 0.640. The number of halogens is 3. The number of amides is 1. The Morgan fingerprint density at radius 2 is 1.74 bits per heavy atom. The van der Waals surface area contributed by atoms with Gasteiger partial charge in [0.2, 0.25) is 5.91 Å². The van der Waals surface area contributed by atoms with E-state index in [9.17, 15) is 9.36 Å². The van der Waals surface area contributed by atoms with Crippen molar-refractivity contribution in [3.8, 4) is 5.75 Å². The third-order valence-corrected chi connectivity index (χ3v) is 15.7. The molecule has 0 aliphatic carbocycles. The van der Waals surface area contributed by atoms with Crippen LogP contribution in [-0.2, 0) is 23.7 Å². The zero-order valence-electron chi connectivity index (χ0n) is 23.3. The molecule has 2 N–H and O–H groups in total. The van der Waals surface area contributed by atoms with Crippen LogP contribution in [0.2, 0.25) is 18.1 Å². The number of carbonyl (C=O) groups excluding carboxylic acids is 1. The molecular formula is C25H39BrF2NO6PSSi. The van der Waals surface area contributed by atoms with E-state index in [1.165, 1.54) is 26.0 Å². The van der Waals surface area contributed by atoms with Crippen molar-refractivity contribution in [1.29, 1.82) is 0 Å². The first kappa shape index (κ1) is 33.3. The van der Waals surface area contributed by atoms with Crippen LogP contribution in [0.3, 0.4) is 0 Å². The molecule has 1 aromatic carbocycles. The highest BCUT2D eigenvalue weighted by Crippen LogP contribution is 2.69. The smallest absolute Gasteiger partial charge is 0.405 e. The van der Waals surface area contributed by atoms with Gasteiger partial charge in [0.25, 0.3) is 0 Å². The summed E-state index contributed by atoms with van der Waals surface area (Å²) >= 11 is 3.95. The Hall–Kier alpha value is -0.883. The molecule has 0 aliphatic rings. The number of nitrogens with two attached hydrogens (primary N) is 1. The summed E-state index contributed by atoms with van der Waals surface area (Å²) in [6, 6.07) is 2.87. The van der Waals surface area contributed by atoms with Crippen LogP contribution in [0.25, 0.3) is 10.1 Å². The SMILES string of the molecule is CCCC(CO[Si](C)(C)C(C)(C)C)Oc1cc(C(N)=O)cc2c(Br)c(C(F)(F)P(=O)(OCC)OCC)sc12. The molecule has 2 aromatic rings. The summed E-state index contributed by atoms with van der Waals surface area (Å²) in [5.41, 5.74) is 1.70. The monoisotopic (exact) mass is 657 g/mol. The molecule has 7 nitrogen and oxygen atoms in total. The number of hydrogen-bond acceptors (Lipinski definition) is 7. The van der Waals surface area contributed by atoms with Crippen LogP contribution in [0.5, 0.6) is 5.75 Å². The molecule has 0 bridgehead atoms. The van der Waals surface area contributed by atoms with Crippen LogP contribution >= 0.6 is 34.9 Å². The summed E-state index contributed by atoms with van der Waals surface area (Å²) in [6.07, 6.45) is 1.06. The quantitative estimate of drug-likeness (QED) is 0.161. The summed E-state index contributed by atoms with van der Waals surface area (Å²) in [5.74, 6) is -0.508. The molecule has 0 spiro atoms. The maximum Gasteiger partial charge on any atom is 0.405 e. The van der Waals surface area contributed by atoms with Gasteiger partial charge in [-0.1, -0.05) is 34.1 Å². The van der Waals surface area contributed by atoms with Crippen molar-refractivity contribution in [3.05, 3.63) is 27.0 Å². The molecule has 1 heterocycles. The summed E-state index contributed by atoms with van der Waals surface area (Å²) in [6.45, 7) is 15.5. The maximum absolute atomic E-state index is 15.7. The first-order valence-corrected chi connectivity index (χ1v) is 18.7. The van der Waals surface area contributed by atoms with Crippen molar-refractivity contribution in [2.24, 2.45) is 5.73 Å². The predicted molar refractivity (Wildman–Crippen MR) is 155 cm³/mol. The Morgan fingerprint density at radius 3 is 2.21 bits per heavy atom. The summed E-state index contributed by atoms with van der Waals surface area (Å²) < 4.78 is 67.6. The molecule has 0 saturated heterocycles. The third-order valence-electron chi connectivity index (χ3n) is 6.54. The van der Waals surface area contributed by atoms with Gasteiger partial charge in [-0.15, -0.1) is 11.3 Å². The number of benzene rings is 1. The molecule has 1 atom stereocenters. The Morgan fingerprint density at radius 1 is 1.16 bits per heavy atom. The van der Waals surface area contributed by atoms with Crippen LogP contribution in [0.15, 0.2) is 16.6 Å². The Kier molecular flexibility index (Phi) is 11.2. The topological polar surface area (TPSA) is 97.1 Å². The minimum atomic E-state index is -4.86. The van der Waals surface area contributed by atoms with Crippen LogP contribution in [-0.4, -0.2) is 40.1 Å². The van der Waals surface area contributed by atoms with E-state index >= 15 is 8.78 Å². The lowest BCUT2D eigenvalue weighted by Crippen LogP contribution is -2.43. The summed E-state index contributed by atoms with van der Waals surface area (Å²) in [4.78, 5) is 11.6. The van der Waals surface area contributed by atoms with Crippen LogP contribution in [0, 0.1) is 0 Å². The van der Waals surface area contributed by atoms with Crippen molar-refractivity contribution >= 4 is 59.2 Å². The summed E-state index contributed by atoms with van der Waals surface area (Å²) in [5, 5.41) is 0.285. The maximum atomic E-state index is 15.7. The molecule has 0 aliphatic heterocycles. The normalized spacial score (nSPS) is 14.2. The molecular weight excluding hydrogens is 619 g/mol. The second-order valence-electron chi connectivity index (χ2n) is 10.4. The molecule has 216 valence electrons. The van der Waals surface area contributed by atoms with Crippen molar-refractivity contribution in [2.45, 2.75) is 84.3 Å². The van der Waals surface area contributed by atoms with E-state index in [-0.39, 0.29) is 45.5 Å². The third kappa shape index (κ3) is 7.05. The molecule has 0 saturated carbocycles. The van der Waals surface area contributed by atoms with Gasteiger partial charge in [0, 0.05) is 15.4 Å². The van der Waals surface area contributed by atoms with Crippen LogP contribution in [0.1, 0.15) is 69.6 Å². The van der Waals surface area contributed by atoms with E-state index in [0.29, 0.717) is 29.1 Å². The van der Waals surface area contributed by atoms with Gasteiger partial charge in [0.1, 0.15) is 16.7 Å². The largest absolute Gasteiger partial charge is 0.487 e. The minimum Gasteiger partial charge on any atom is -0.487 e. The number of alkyl halides is 2. The number of fused-ring (bicyclic) bond motifs is 1. The van der Waals surface area contributed by atoms with E-state index in [1.54, 1.807) is 0 Å². The Labute approximate surface area is 237 Å². The minimum absolute atomic E-state index is 0.00290. The van der Waals surface area contributed by atoms with Gasteiger partial charge >= 0.3 is 13.3 Å². The Balaban J connectivity index is 2.63. The van der Waals surface area contributed by atoms with Gasteiger partial charge in [-0.25, -0.2) is 0 Å². The average molecular weight is 659 g/mol. The van der Waals surface area contributed by atoms with Crippen LogP contribution < -0.4 is 10.5 Å². The molecule has 1 unspecified atom stereocenters. The fourth-order valence-electron chi connectivity index (χ4n) is 3.42. The van der Waals surface area contributed by atoms with Crippen molar-refractivity contribution < 1.29 is 36.4 Å². The zero-order valence-corrected chi connectivity index (χ0v) is 27.6. The van der Waals surface area contributed by atoms with Gasteiger partial charge in [-0.05, 0) is 66.5 Å². The molecule has 1 amide bonds. The highest BCUT2D eigenvalue weighted by atomic mass is 79.9. The molecule has 1 aromatic heterocycles. The number of primary amides is 1. The number of thiophene rings is 1. The first-order chi connectivity index (χ1) is 17.5. The molecule has 0 radical (unpaired) electrons. The molecule has 13 heteroatoms. The molecule has 38 heavy (non-hydrogen) atoms. The van der Waals surface area contributed by atoms with Crippen LogP contribution in [0.4, 0.5) is 8.78 Å².